The van der Waals surface area contributed by atoms with Gasteiger partial charge in [-0.3, -0.25) is 9.78 Å². The van der Waals surface area contributed by atoms with Crippen molar-refractivity contribution in [1.29, 1.82) is 0 Å². The lowest BCUT2D eigenvalue weighted by Gasteiger charge is -2.33. The zero-order valence-corrected chi connectivity index (χ0v) is 16.7. The van der Waals surface area contributed by atoms with Gasteiger partial charge in [-0.05, 0) is 56.9 Å². The maximum Gasteiger partial charge on any atom is 0.229 e. The van der Waals surface area contributed by atoms with Crippen LogP contribution < -0.4 is 10.2 Å². The van der Waals surface area contributed by atoms with Gasteiger partial charge in [0.1, 0.15) is 5.82 Å². The summed E-state index contributed by atoms with van der Waals surface area (Å²) in [5.41, 5.74) is 6.16. The van der Waals surface area contributed by atoms with Crippen molar-refractivity contribution in [1.82, 2.24) is 9.97 Å². The summed E-state index contributed by atoms with van der Waals surface area (Å²) in [6.45, 7) is 7.75. The molecule has 2 heterocycles. The molecule has 0 aliphatic carbocycles. The van der Waals surface area contributed by atoms with Gasteiger partial charge in [0, 0.05) is 18.8 Å². The van der Waals surface area contributed by atoms with E-state index in [0.29, 0.717) is 6.54 Å². The van der Waals surface area contributed by atoms with Crippen LogP contribution in [0.4, 0.5) is 11.5 Å². The number of benzene rings is 2. The van der Waals surface area contributed by atoms with Crippen molar-refractivity contribution >= 4 is 28.4 Å². The van der Waals surface area contributed by atoms with Crippen LogP contribution in [0.25, 0.3) is 11.0 Å². The number of piperidine rings is 1. The Morgan fingerprint density at radius 1 is 1.11 bits per heavy atom. The zero-order chi connectivity index (χ0) is 19.7. The van der Waals surface area contributed by atoms with Crippen LogP contribution in [0.15, 0.2) is 42.6 Å². The van der Waals surface area contributed by atoms with Gasteiger partial charge in [0.25, 0.3) is 0 Å². The van der Waals surface area contributed by atoms with Gasteiger partial charge in [0.15, 0.2) is 0 Å². The minimum absolute atomic E-state index is 0.0536. The van der Waals surface area contributed by atoms with E-state index in [1.165, 1.54) is 5.56 Å². The minimum atomic E-state index is -0.0536. The number of rotatable bonds is 3. The van der Waals surface area contributed by atoms with E-state index in [1.807, 2.05) is 44.3 Å². The molecule has 5 heteroatoms. The Morgan fingerprint density at radius 3 is 2.57 bits per heavy atom. The molecule has 2 aromatic carbocycles. The number of carbonyl (C=O) groups excluding carboxylic acids is 1. The molecule has 1 N–H and O–H groups in total. The molecule has 1 aliphatic rings. The van der Waals surface area contributed by atoms with Crippen molar-refractivity contribution in [3.05, 3.63) is 59.3 Å². The molecule has 0 radical (unpaired) electrons. The van der Waals surface area contributed by atoms with E-state index in [2.05, 4.69) is 34.3 Å². The number of para-hydroxylation sites is 2. The van der Waals surface area contributed by atoms with Crippen molar-refractivity contribution in [2.24, 2.45) is 5.92 Å². The van der Waals surface area contributed by atoms with E-state index in [-0.39, 0.29) is 11.8 Å². The van der Waals surface area contributed by atoms with Crippen LogP contribution in [-0.2, 0) is 4.79 Å². The normalized spacial score (nSPS) is 17.0. The topological polar surface area (TPSA) is 58.1 Å². The predicted octanol–water partition coefficient (Wildman–Crippen LogP) is 4.41. The molecule has 144 valence electrons. The maximum absolute atomic E-state index is 13.0. The number of hydrogen-bond acceptors (Lipinski definition) is 4. The monoisotopic (exact) mass is 374 g/mol. The number of carbonyl (C=O) groups is 1. The molecule has 1 fully saturated rings. The van der Waals surface area contributed by atoms with E-state index >= 15 is 0 Å². The molecule has 1 aromatic heterocycles. The van der Waals surface area contributed by atoms with Crippen LogP contribution in [0, 0.1) is 26.7 Å². The van der Waals surface area contributed by atoms with Crippen LogP contribution in [0.5, 0.6) is 0 Å². The number of anilines is 2. The van der Waals surface area contributed by atoms with E-state index < -0.39 is 0 Å². The van der Waals surface area contributed by atoms with Crippen LogP contribution in [0.2, 0.25) is 0 Å². The van der Waals surface area contributed by atoms with E-state index in [1.54, 1.807) is 0 Å². The highest BCUT2D eigenvalue weighted by Gasteiger charge is 2.27. The number of fused-ring (bicyclic) bond motifs is 1. The Bertz CT molecular complexity index is 1010. The average molecular weight is 374 g/mol. The molecule has 1 saturated heterocycles. The molecule has 1 aliphatic heterocycles. The fourth-order valence-corrected chi connectivity index (χ4v) is 4.10. The first kappa shape index (κ1) is 18.4. The standard InChI is InChI=1S/C23H26N4O/c1-15-11-16(2)22(17(3)12-15)26-23(28)18-7-6-10-27(14-18)21-13-24-19-8-4-5-9-20(19)25-21/h4-5,8-9,11-13,18H,6-7,10,14H2,1-3H3,(H,26,28). The lowest BCUT2D eigenvalue weighted by atomic mass is 9.96. The Balaban J connectivity index is 1.51. The molecule has 0 saturated carbocycles. The summed E-state index contributed by atoms with van der Waals surface area (Å²) in [5, 5.41) is 3.18. The number of amides is 1. The Labute approximate surface area is 165 Å². The summed E-state index contributed by atoms with van der Waals surface area (Å²) >= 11 is 0. The predicted molar refractivity (Wildman–Crippen MR) is 114 cm³/mol. The third kappa shape index (κ3) is 3.70. The van der Waals surface area contributed by atoms with E-state index in [0.717, 1.165) is 53.1 Å². The molecule has 1 atom stereocenters. The molecular weight excluding hydrogens is 348 g/mol. The van der Waals surface area contributed by atoms with Gasteiger partial charge in [-0.25, -0.2) is 4.98 Å². The number of nitrogens with zero attached hydrogens (tertiary/aromatic N) is 3. The minimum Gasteiger partial charge on any atom is -0.355 e. The molecule has 0 spiro atoms. The number of aryl methyl sites for hydroxylation is 3. The second kappa shape index (κ2) is 7.58. The quantitative estimate of drug-likeness (QED) is 0.738. The SMILES string of the molecule is Cc1cc(C)c(NC(=O)C2CCCN(c3cnc4ccccc4n3)C2)c(C)c1. The number of aromatic nitrogens is 2. The third-order valence-corrected chi connectivity index (χ3v) is 5.48. The van der Waals surface area contributed by atoms with Crippen LogP contribution >= 0.6 is 0 Å². The first-order valence-electron chi connectivity index (χ1n) is 9.87. The van der Waals surface area contributed by atoms with Crippen LogP contribution in [-0.4, -0.2) is 29.0 Å². The van der Waals surface area contributed by atoms with Crippen LogP contribution in [0.3, 0.4) is 0 Å². The highest BCUT2D eigenvalue weighted by molar-refractivity contribution is 5.94. The fraction of sp³-hybridized carbons (Fsp3) is 0.348. The summed E-state index contributed by atoms with van der Waals surface area (Å²) in [7, 11) is 0. The van der Waals surface area contributed by atoms with Gasteiger partial charge in [0.05, 0.1) is 23.1 Å². The molecule has 4 rings (SSSR count). The van der Waals surface area contributed by atoms with E-state index in [4.69, 9.17) is 4.98 Å². The Hall–Kier alpha value is -2.95. The first-order valence-corrected chi connectivity index (χ1v) is 9.87. The number of nitrogens with one attached hydrogen (secondary N) is 1. The maximum atomic E-state index is 13.0. The molecule has 28 heavy (non-hydrogen) atoms. The lowest BCUT2D eigenvalue weighted by molar-refractivity contribution is -0.120. The first-order chi connectivity index (χ1) is 13.5. The van der Waals surface area contributed by atoms with Gasteiger partial charge < -0.3 is 10.2 Å². The van der Waals surface area contributed by atoms with E-state index in [9.17, 15) is 4.79 Å². The van der Waals surface area contributed by atoms with Gasteiger partial charge in [-0.1, -0.05) is 29.8 Å². The summed E-state index contributed by atoms with van der Waals surface area (Å²) in [5.74, 6) is 0.884. The molecule has 3 aromatic rings. The van der Waals surface area contributed by atoms with Crippen molar-refractivity contribution in [3.63, 3.8) is 0 Å². The number of hydrogen-bond donors (Lipinski definition) is 1. The van der Waals surface area contributed by atoms with Crippen LogP contribution in [0.1, 0.15) is 29.5 Å². The van der Waals surface area contributed by atoms with Crippen molar-refractivity contribution in [2.75, 3.05) is 23.3 Å². The van der Waals surface area contributed by atoms with Crippen molar-refractivity contribution in [2.45, 2.75) is 33.6 Å². The van der Waals surface area contributed by atoms with Gasteiger partial charge in [-0.2, -0.15) is 0 Å². The lowest BCUT2D eigenvalue weighted by Crippen LogP contribution is -2.41. The van der Waals surface area contributed by atoms with Gasteiger partial charge in [0.2, 0.25) is 5.91 Å². The molecule has 0 bridgehead atoms. The molecule has 1 unspecified atom stereocenters. The fourth-order valence-electron chi connectivity index (χ4n) is 4.10. The highest BCUT2D eigenvalue weighted by Crippen LogP contribution is 2.26. The van der Waals surface area contributed by atoms with Crippen molar-refractivity contribution < 1.29 is 4.79 Å². The molecule has 5 nitrogen and oxygen atoms in total. The summed E-state index contributed by atoms with van der Waals surface area (Å²) in [6.07, 6.45) is 3.68. The average Bonchev–Trinajstić information content (AvgIpc) is 2.70. The summed E-state index contributed by atoms with van der Waals surface area (Å²) < 4.78 is 0. The van der Waals surface area contributed by atoms with Gasteiger partial charge >= 0.3 is 0 Å². The van der Waals surface area contributed by atoms with Crippen molar-refractivity contribution in [3.8, 4) is 0 Å². The highest BCUT2D eigenvalue weighted by atomic mass is 16.1. The third-order valence-electron chi connectivity index (χ3n) is 5.48. The largest absolute Gasteiger partial charge is 0.355 e. The molecule has 1 amide bonds. The smallest absolute Gasteiger partial charge is 0.229 e. The second-order valence-electron chi connectivity index (χ2n) is 7.77. The Morgan fingerprint density at radius 2 is 1.82 bits per heavy atom. The van der Waals surface area contributed by atoms with Gasteiger partial charge in [-0.15, -0.1) is 0 Å². The second-order valence-corrected chi connectivity index (χ2v) is 7.77. The molecular formula is C23H26N4O. The zero-order valence-electron chi connectivity index (χ0n) is 16.7. The summed E-state index contributed by atoms with van der Waals surface area (Å²) in [6, 6.07) is 12.1. The summed E-state index contributed by atoms with van der Waals surface area (Å²) in [4.78, 5) is 24.4. The Kier molecular flexibility index (Phi) is 4.99.